The highest BCUT2D eigenvalue weighted by atomic mass is 16.5. The lowest BCUT2D eigenvalue weighted by Crippen LogP contribution is -2.35. The molecule has 0 spiro atoms. The number of ether oxygens (including phenoxy) is 4. The Morgan fingerprint density at radius 1 is 0.767 bits per heavy atom. The van der Waals surface area contributed by atoms with Crippen LogP contribution in [0, 0.1) is 0 Å². The molecule has 0 fully saturated rings. The van der Waals surface area contributed by atoms with Crippen molar-refractivity contribution in [2.75, 3.05) is 27.4 Å². The molecule has 0 aromatic heterocycles. The van der Waals surface area contributed by atoms with E-state index in [0.29, 0.717) is 17.2 Å². The molecule has 1 aliphatic carbocycles. The van der Waals surface area contributed by atoms with E-state index in [1.165, 1.54) is 22.3 Å². The second-order valence-corrected chi connectivity index (χ2v) is 11.5. The van der Waals surface area contributed by atoms with Crippen molar-refractivity contribution in [3.63, 3.8) is 0 Å². The number of aliphatic hydroxyl groups excluding tert-OH is 1. The Morgan fingerprint density at radius 2 is 1.42 bits per heavy atom. The van der Waals surface area contributed by atoms with Crippen LogP contribution >= 0.6 is 0 Å². The van der Waals surface area contributed by atoms with E-state index in [1.807, 2.05) is 48.5 Å². The van der Waals surface area contributed by atoms with Crippen LogP contribution in [0.25, 0.3) is 28.0 Å². The SMILES string of the molecule is COc1cc2c3c(c4c(c2cc1OC)-c1ccccc1C4(C)C)C=CC(c1ccccc1)(c1ccc(OCCO)cc1)O3. The van der Waals surface area contributed by atoms with Crippen LogP contribution in [0.3, 0.4) is 0 Å². The smallest absolute Gasteiger partial charge is 0.178 e. The Hall–Kier alpha value is -4.74. The Kier molecular flexibility index (Phi) is 6.44. The molecule has 0 saturated carbocycles. The highest BCUT2D eigenvalue weighted by Crippen LogP contribution is 2.59. The van der Waals surface area contributed by atoms with E-state index in [-0.39, 0.29) is 18.6 Å². The Bertz CT molecular complexity index is 1870. The molecule has 0 radical (unpaired) electrons. The summed E-state index contributed by atoms with van der Waals surface area (Å²) in [5, 5.41) is 11.2. The van der Waals surface area contributed by atoms with Crippen molar-refractivity contribution in [3.05, 3.63) is 125 Å². The molecule has 1 heterocycles. The van der Waals surface area contributed by atoms with Crippen molar-refractivity contribution in [2.24, 2.45) is 0 Å². The quantitative estimate of drug-likeness (QED) is 0.216. The summed E-state index contributed by atoms with van der Waals surface area (Å²) in [6, 6.07) is 31.0. The molecule has 5 nitrogen and oxygen atoms in total. The fourth-order valence-corrected chi connectivity index (χ4v) is 6.90. The normalized spacial score (nSPS) is 17.5. The maximum Gasteiger partial charge on any atom is 0.178 e. The van der Waals surface area contributed by atoms with Crippen LogP contribution in [-0.4, -0.2) is 32.5 Å². The average molecular weight is 571 g/mol. The molecule has 2 aliphatic rings. The van der Waals surface area contributed by atoms with Gasteiger partial charge in [-0.05, 0) is 58.0 Å². The topological polar surface area (TPSA) is 57.2 Å². The third-order valence-corrected chi connectivity index (χ3v) is 8.89. The van der Waals surface area contributed by atoms with Crippen molar-refractivity contribution < 1.29 is 24.1 Å². The van der Waals surface area contributed by atoms with Crippen molar-refractivity contribution in [3.8, 4) is 34.1 Å². The molecule has 5 heteroatoms. The molecule has 0 saturated heterocycles. The third kappa shape index (κ3) is 4.03. The van der Waals surface area contributed by atoms with Crippen molar-refractivity contribution in [2.45, 2.75) is 24.9 Å². The van der Waals surface area contributed by atoms with Crippen LogP contribution in [-0.2, 0) is 11.0 Å². The Balaban J connectivity index is 1.53. The number of hydrogen-bond donors (Lipinski definition) is 1. The molecule has 43 heavy (non-hydrogen) atoms. The molecule has 0 bridgehead atoms. The second-order valence-electron chi connectivity index (χ2n) is 11.5. The van der Waals surface area contributed by atoms with Gasteiger partial charge in [0.05, 0.1) is 20.8 Å². The van der Waals surface area contributed by atoms with Crippen LogP contribution in [0.2, 0.25) is 0 Å². The summed E-state index contributed by atoms with van der Waals surface area (Å²) < 4.78 is 24.6. The molecule has 216 valence electrons. The average Bonchev–Trinajstić information content (AvgIpc) is 3.30. The molecule has 0 amide bonds. The molecule has 7 rings (SSSR count). The fraction of sp³-hybridized carbons (Fsp3) is 0.211. The van der Waals surface area contributed by atoms with Crippen LogP contribution < -0.4 is 18.9 Å². The zero-order valence-electron chi connectivity index (χ0n) is 24.8. The summed E-state index contributed by atoms with van der Waals surface area (Å²) in [4.78, 5) is 0. The van der Waals surface area contributed by atoms with E-state index < -0.39 is 5.60 Å². The van der Waals surface area contributed by atoms with Crippen molar-refractivity contribution >= 4 is 16.8 Å². The van der Waals surface area contributed by atoms with Gasteiger partial charge < -0.3 is 24.1 Å². The maximum atomic E-state index is 9.22. The number of aliphatic hydroxyl groups is 1. The largest absolute Gasteiger partial charge is 0.493 e. The van der Waals surface area contributed by atoms with Gasteiger partial charge in [-0.15, -0.1) is 0 Å². The Morgan fingerprint density at radius 3 is 2.12 bits per heavy atom. The standard InChI is InChI=1S/C38H34O5/c1-37(2)31-13-9-8-12-27(31)34-29-22-32(40-3)33(41-4)23-30(29)36-28(35(34)37)18-19-38(43-36,24-10-6-5-7-11-24)25-14-16-26(17-15-25)42-21-20-39/h5-19,22-23,39H,20-21H2,1-4H3. The van der Waals surface area contributed by atoms with E-state index in [9.17, 15) is 5.11 Å². The molecule has 1 unspecified atom stereocenters. The summed E-state index contributed by atoms with van der Waals surface area (Å²) >= 11 is 0. The van der Waals surface area contributed by atoms with E-state index in [4.69, 9.17) is 18.9 Å². The monoisotopic (exact) mass is 570 g/mol. The lowest BCUT2D eigenvalue weighted by atomic mass is 9.77. The molecular formula is C38H34O5. The van der Waals surface area contributed by atoms with Gasteiger partial charge >= 0.3 is 0 Å². The number of rotatable bonds is 7. The van der Waals surface area contributed by atoms with Crippen LogP contribution in [0.5, 0.6) is 23.0 Å². The molecule has 1 N–H and O–H groups in total. The fourth-order valence-electron chi connectivity index (χ4n) is 6.90. The van der Waals surface area contributed by atoms with E-state index >= 15 is 0 Å². The number of benzene rings is 5. The number of fused-ring (bicyclic) bond motifs is 8. The second kappa shape index (κ2) is 10.2. The minimum absolute atomic E-state index is 0.0375. The first-order chi connectivity index (χ1) is 20.9. The Labute approximate surface area is 251 Å². The molecule has 5 aromatic carbocycles. The third-order valence-electron chi connectivity index (χ3n) is 8.89. The van der Waals surface area contributed by atoms with Crippen LogP contribution in [0.4, 0.5) is 0 Å². The highest BCUT2D eigenvalue weighted by Gasteiger charge is 2.44. The summed E-state index contributed by atoms with van der Waals surface area (Å²) in [5.74, 6) is 2.83. The predicted octanol–water partition coefficient (Wildman–Crippen LogP) is 7.88. The zero-order chi connectivity index (χ0) is 29.8. The first-order valence-corrected chi connectivity index (χ1v) is 14.6. The van der Waals surface area contributed by atoms with Gasteiger partial charge in [0, 0.05) is 27.5 Å². The van der Waals surface area contributed by atoms with Gasteiger partial charge in [-0.3, -0.25) is 0 Å². The van der Waals surface area contributed by atoms with E-state index in [1.54, 1.807) is 14.2 Å². The van der Waals surface area contributed by atoms with E-state index in [0.717, 1.165) is 33.2 Å². The minimum Gasteiger partial charge on any atom is -0.493 e. The lowest BCUT2D eigenvalue weighted by Gasteiger charge is -2.38. The van der Waals surface area contributed by atoms with Crippen molar-refractivity contribution in [1.29, 1.82) is 0 Å². The highest BCUT2D eigenvalue weighted by molar-refractivity contribution is 6.09. The van der Waals surface area contributed by atoms with Gasteiger partial charge in [-0.1, -0.05) is 86.7 Å². The first kappa shape index (κ1) is 27.1. The van der Waals surface area contributed by atoms with Crippen LogP contribution in [0.15, 0.2) is 97.1 Å². The van der Waals surface area contributed by atoms with Gasteiger partial charge in [-0.2, -0.15) is 0 Å². The molecule has 5 aromatic rings. The predicted molar refractivity (Wildman–Crippen MR) is 171 cm³/mol. The maximum absolute atomic E-state index is 9.22. The van der Waals surface area contributed by atoms with Crippen molar-refractivity contribution in [1.82, 2.24) is 0 Å². The van der Waals surface area contributed by atoms with Gasteiger partial charge in [0.25, 0.3) is 0 Å². The van der Waals surface area contributed by atoms with Crippen LogP contribution in [0.1, 0.15) is 41.7 Å². The van der Waals surface area contributed by atoms with Gasteiger partial charge in [0.2, 0.25) is 0 Å². The van der Waals surface area contributed by atoms with Gasteiger partial charge in [0.15, 0.2) is 17.1 Å². The van der Waals surface area contributed by atoms with E-state index in [2.05, 4.69) is 68.5 Å². The zero-order valence-corrected chi connectivity index (χ0v) is 24.8. The number of methoxy groups -OCH3 is 2. The molecular weight excluding hydrogens is 536 g/mol. The first-order valence-electron chi connectivity index (χ1n) is 14.6. The lowest BCUT2D eigenvalue weighted by molar-refractivity contribution is 0.163. The molecule has 1 atom stereocenters. The summed E-state index contributed by atoms with van der Waals surface area (Å²) in [6.07, 6.45) is 4.42. The minimum atomic E-state index is -0.895. The number of hydrogen-bond acceptors (Lipinski definition) is 5. The molecule has 1 aliphatic heterocycles. The van der Waals surface area contributed by atoms with Gasteiger partial charge in [-0.25, -0.2) is 0 Å². The summed E-state index contributed by atoms with van der Waals surface area (Å²) in [7, 11) is 3.34. The van der Waals surface area contributed by atoms with Gasteiger partial charge in [0.1, 0.15) is 18.1 Å². The summed E-state index contributed by atoms with van der Waals surface area (Å²) in [5.41, 5.74) is 6.89. The summed E-state index contributed by atoms with van der Waals surface area (Å²) in [6.45, 7) is 4.79.